The molecule has 60 heavy (non-hydrogen) atoms. The van der Waals surface area contributed by atoms with E-state index in [0.29, 0.717) is 5.92 Å². The Morgan fingerprint density at radius 3 is 1.87 bits per heavy atom. The highest BCUT2D eigenvalue weighted by Gasteiger charge is 2.40. The van der Waals surface area contributed by atoms with Crippen molar-refractivity contribution in [3.63, 3.8) is 0 Å². The normalized spacial score (nSPS) is 20.5. The molecular formula is C58H54N2. The first kappa shape index (κ1) is 36.0. The largest absolute Gasteiger partial charge is 0.310 e. The molecule has 4 aliphatic rings. The molecule has 1 heterocycles. The summed E-state index contributed by atoms with van der Waals surface area (Å²) in [6, 6.07) is 60.4. The molecule has 0 N–H and O–H groups in total. The molecule has 0 spiro atoms. The lowest BCUT2D eigenvalue weighted by molar-refractivity contribution is 0.420. The molecule has 0 saturated heterocycles. The first-order chi connectivity index (χ1) is 29.5. The number of nitrogens with zero attached hydrogens (tertiary/aromatic N) is 2. The molecule has 3 saturated carbocycles. The Hall–Kier alpha value is -5.86. The lowest BCUT2D eigenvalue weighted by atomic mass is 9.82. The summed E-state index contributed by atoms with van der Waals surface area (Å²) in [7, 11) is 0. The predicted molar refractivity (Wildman–Crippen MR) is 252 cm³/mol. The molecule has 7 aromatic carbocycles. The van der Waals surface area contributed by atoms with Crippen molar-refractivity contribution in [2.75, 3.05) is 4.90 Å². The lowest BCUT2D eigenvalue weighted by Gasteiger charge is -2.29. The molecule has 12 rings (SSSR count). The van der Waals surface area contributed by atoms with Crippen molar-refractivity contribution in [1.29, 1.82) is 0 Å². The number of hydrogen-bond donors (Lipinski definition) is 0. The van der Waals surface area contributed by atoms with Gasteiger partial charge in [0, 0.05) is 38.9 Å². The van der Waals surface area contributed by atoms with E-state index in [4.69, 9.17) is 0 Å². The maximum absolute atomic E-state index is 2.52. The van der Waals surface area contributed by atoms with Gasteiger partial charge < -0.3 is 9.47 Å². The van der Waals surface area contributed by atoms with E-state index in [1.54, 1.807) is 5.56 Å². The van der Waals surface area contributed by atoms with Crippen LogP contribution in [0.1, 0.15) is 106 Å². The highest BCUT2D eigenvalue weighted by atomic mass is 15.1. The summed E-state index contributed by atoms with van der Waals surface area (Å²) in [4.78, 5) is 2.52. The van der Waals surface area contributed by atoms with E-state index in [9.17, 15) is 0 Å². The summed E-state index contributed by atoms with van der Waals surface area (Å²) in [5.74, 6) is 3.25. The van der Waals surface area contributed by atoms with E-state index in [-0.39, 0.29) is 5.41 Å². The van der Waals surface area contributed by atoms with Gasteiger partial charge in [0.25, 0.3) is 0 Å². The third-order valence-electron chi connectivity index (χ3n) is 15.5. The predicted octanol–water partition coefficient (Wildman–Crippen LogP) is 16.2. The van der Waals surface area contributed by atoms with Gasteiger partial charge in [-0.2, -0.15) is 0 Å². The molecule has 3 atom stereocenters. The average molecular weight is 779 g/mol. The van der Waals surface area contributed by atoms with Crippen molar-refractivity contribution in [3.05, 3.63) is 180 Å². The van der Waals surface area contributed by atoms with Crippen molar-refractivity contribution >= 4 is 38.9 Å². The zero-order valence-corrected chi connectivity index (χ0v) is 35.1. The van der Waals surface area contributed by atoms with E-state index in [2.05, 4.69) is 181 Å². The standard InChI is InChI=1S/C58H54N2/c1-58(2)54-35-48(59(46-25-20-41(21-26-46)39-12-6-3-7-13-39)47-27-22-42(23-28-47)50-33-38-18-19-44(50)32-38)29-30-49(54)51-36-53-52-34-43(40-14-8-4-9-15-40)24-31-56(52)60(57(53)37-55(51)58)45-16-10-5-11-17-45/h4-5,8-11,14-17,20-31,34-39,44,50H,3,6-7,12-13,18-19,32-33H2,1-2H3. The fraction of sp³-hybridized carbons (Fsp3) is 0.276. The summed E-state index contributed by atoms with van der Waals surface area (Å²) >= 11 is 0. The van der Waals surface area contributed by atoms with Crippen LogP contribution in [0.15, 0.2) is 158 Å². The van der Waals surface area contributed by atoms with Crippen LogP contribution in [0.3, 0.4) is 0 Å². The molecule has 296 valence electrons. The van der Waals surface area contributed by atoms with Crippen LogP contribution in [0.2, 0.25) is 0 Å². The third kappa shape index (κ3) is 5.81. The summed E-state index contributed by atoms with van der Waals surface area (Å²) in [6.45, 7) is 4.87. The van der Waals surface area contributed by atoms with Gasteiger partial charge in [-0.1, -0.05) is 124 Å². The number of para-hydroxylation sites is 1. The number of hydrogen-bond acceptors (Lipinski definition) is 1. The van der Waals surface area contributed by atoms with Crippen LogP contribution in [0.5, 0.6) is 0 Å². The average Bonchev–Trinajstić information content (AvgIpc) is 4.07. The second-order valence-corrected chi connectivity index (χ2v) is 19.2. The van der Waals surface area contributed by atoms with Crippen LogP contribution in [-0.2, 0) is 5.41 Å². The highest BCUT2D eigenvalue weighted by Crippen LogP contribution is 2.55. The summed E-state index contributed by atoms with van der Waals surface area (Å²) in [5, 5.41) is 2.59. The zero-order chi connectivity index (χ0) is 40.0. The molecule has 3 fully saturated rings. The Morgan fingerprint density at radius 2 is 1.17 bits per heavy atom. The first-order valence-corrected chi connectivity index (χ1v) is 22.9. The van der Waals surface area contributed by atoms with Crippen molar-refractivity contribution in [3.8, 4) is 27.9 Å². The minimum absolute atomic E-state index is 0.190. The van der Waals surface area contributed by atoms with E-state index < -0.39 is 0 Å². The fourth-order valence-corrected chi connectivity index (χ4v) is 12.3. The summed E-state index contributed by atoms with van der Waals surface area (Å²) in [6.07, 6.45) is 12.4. The maximum atomic E-state index is 2.52. The molecule has 0 amide bonds. The fourth-order valence-electron chi connectivity index (χ4n) is 12.3. The Labute approximate surface area is 355 Å². The maximum Gasteiger partial charge on any atom is 0.0544 e. The Morgan fingerprint density at radius 1 is 0.500 bits per heavy atom. The minimum atomic E-state index is -0.190. The molecule has 2 bridgehead atoms. The molecular weight excluding hydrogens is 725 g/mol. The van der Waals surface area contributed by atoms with E-state index in [1.165, 1.54) is 141 Å². The van der Waals surface area contributed by atoms with Crippen LogP contribution < -0.4 is 4.90 Å². The van der Waals surface area contributed by atoms with Gasteiger partial charge in [-0.25, -0.2) is 0 Å². The third-order valence-corrected chi connectivity index (χ3v) is 15.5. The van der Waals surface area contributed by atoms with E-state index in [0.717, 1.165) is 17.8 Å². The summed E-state index contributed by atoms with van der Waals surface area (Å²) < 4.78 is 2.48. The second-order valence-electron chi connectivity index (χ2n) is 19.2. The second kappa shape index (κ2) is 14.1. The number of aromatic nitrogens is 1. The van der Waals surface area contributed by atoms with Gasteiger partial charge in [0.2, 0.25) is 0 Å². The molecule has 4 aliphatic carbocycles. The van der Waals surface area contributed by atoms with E-state index >= 15 is 0 Å². The highest BCUT2D eigenvalue weighted by molar-refractivity contribution is 6.12. The molecule has 2 nitrogen and oxygen atoms in total. The van der Waals surface area contributed by atoms with Crippen LogP contribution in [0.4, 0.5) is 17.1 Å². The van der Waals surface area contributed by atoms with Crippen molar-refractivity contribution in [2.24, 2.45) is 11.8 Å². The summed E-state index contributed by atoms with van der Waals surface area (Å²) in [5.41, 5.74) is 18.2. The zero-order valence-electron chi connectivity index (χ0n) is 35.1. The van der Waals surface area contributed by atoms with Crippen molar-refractivity contribution < 1.29 is 0 Å². The van der Waals surface area contributed by atoms with Gasteiger partial charge in [-0.3, -0.25) is 0 Å². The Bertz CT molecular complexity index is 2880. The molecule has 0 aliphatic heterocycles. The van der Waals surface area contributed by atoms with Crippen LogP contribution in [0, 0.1) is 11.8 Å². The molecule has 1 aromatic heterocycles. The smallest absolute Gasteiger partial charge is 0.0544 e. The van der Waals surface area contributed by atoms with Crippen molar-refractivity contribution in [2.45, 2.75) is 88.9 Å². The van der Waals surface area contributed by atoms with Crippen molar-refractivity contribution in [1.82, 2.24) is 4.57 Å². The molecule has 0 radical (unpaired) electrons. The van der Waals surface area contributed by atoms with Crippen LogP contribution in [-0.4, -0.2) is 4.57 Å². The van der Waals surface area contributed by atoms with E-state index in [1.807, 2.05) is 0 Å². The Balaban J connectivity index is 0.985. The monoisotopic (exact) mass is 778 g/mol. The molecule has 8 aromatic rings. The lowest BCUT2D eigenvalue weighted by Crippen LogP contribution is -2.17. The van der Waals surface area contributed by atoms with Crippen LogP contribution in [0.25, 0.3) is 49.7 Å². The Kier molecular flexibility index (Phi) is 8.48. The van der Waals surface area contributed by atoms with Gasteiger partial charge in [0.05, 0.1) is 11.0 Å². The van der Waals surface area contributed by atoms with Gasteiger partial charge in [0.15, 0.2) is 0 Å². The molecule has 2 heteroatoms. The number of anilines is 3. The van der Waals surface area contributed by atoms with Gasteiger partial charge in [-0.15, -0.1) is 0 Å². The van der Waals surface area contributed by atoms with Gasteiger partial charge >= 0.3 is 0 Å². The number of fused-ring (bicyclic) bond motifs is 8. The molecule has 3 unspecified atom stereocenters. The number of benzene rings is 7. The van der Waals surface area contributed by atoms with Gasteiger partial charge in [-0.05, 0) is 173 Å². The van der Waals surface area contributed by atoms with Gasteiger partial charge in [0.1, 0.15) is 0 Å². The SMILES string of the molecule is CC1(C)c2cc(N(c3ccc(C4CCCCC4)cc3)c3ccc(C4CC5CCC4C5)cc3)ccc2-c2cc3c4cc(-c5ccccc5)ccc4n(-c4ccccc4)c3cc21. The quantitative estimate of drug-likeness (QED) is 0.156. The first-order valence-electron chi connectivity index (χ1n) is 22.9. The van der Waals surface area contributed by atoms with Crippen LogP contribution >= 0.6 is 0 Å². The topological polar surface area (TPSA) is 8.17 Å². The minimum Gasteiger partial charge on any atom is -0.310 e. The number of rotatable bonds is 7.